The molecule has 2 aromatic rings. The Kier molecular flexibility index (Phi) is 3.65. The summed E-state index contributed by atoms with van der Waals surface area (Å²) >= 11 is 0. The predicted molar refractivity (Wildman–Crippen MR) is 85.2 cm³/mol. The lowest BCUT2D eigenvalue weighted by atomic mass is 10.0. The van der Waals surface area contributed by atoms with E-state index in [1.807, 2.05) is 43.3 Å². The molecular weight excluding hydrogens is 260 g/mol. The van der Waals surface area contributed by atoms with Crippen LogP contribution < -0.4 is 11.1 Å². The van der Waals surface area contributed by atoms with Gasteiger partial charge in [0.2, 0.25) is 5.91 Å². The standard InChI is InChI=1S/C18H20N2O/c1-12-4-2-3-5-16(12)20-17(18(19)21)15-10-8-14(9-11-15)13-6-7-13/h2-5,8-11,13,17,20H,6-7H2,1H3,(H2,19,21). The molecule has 0 spiro atoms. The minimum Gasteiger partial charge on any atom is -0.370 e. The molecule has 1 atom stereocenters. The molecule has 1 aliphatic rings. The average Bonchev–Trinajstić information content (AvgIpc) is 3.31. The number of primary amides is 1. The lowest BCUT2D eigenvalue weighted by Crippen LogP contribution is -2.28. The third kappa shape index (κ3) is 3.07. The Hall–Kier alpha value is -2.29. The molecule has 21 heavy (non-hydrogen) atoms. The van der Waals surface area contributed by atoms with Gasteiger partial charge in [0.15, 0.2) is 0 Å². The van der Waals surface area contributed by atoms with Crippen molar-refractivity contribution in [1.82, 2.24) is 0 Å². The van der Waals surface area contributed by atoms with Gasteiger partial charge in [0.1, 0.15) is 6.04 Å². The highest BCUT2D eigenvalue weighted by Gasteiger charge is 2.24. The Bertz CT molecular complexity index is 645. The number of anilines is 1. The maximum atomic E-state index is 11.8. The van der Waals surface area contributed by atoms with Gasteiger partial charge in [-0.05, 0) is 48.4 Å². The van der Waals surface area contributed by atoms with Crippen LogP contribution in [0, 0.1) is 6.92 Å². The lowest BCUT2D eigenvalue weighted by molar-refractivity contribution is -0.118. The van der Waals surface area contributed by atoms with E-state index in [0.717, 1.165) is 22.7 Å². The van der Waals surface area contributed by atoms with Gasteiger partial charge in [-0.3, -0.25) is 4.79 Å². The van der Waals surface area contributed by atoms with Crippen LogP contribution in [0.25, 0.3) is 0 Å². The Labute approximate surface area is 125 Å². The molecule has 108 valence electrons. The van der Waals surface area contributed by atoms with Crippen LogP contribution in [0.15, 0.2) is 48.5 Å². The van der Waals surface area contributed by atoms with Crippen molar-refractivity contribution in [3.8, 4) is 0 Å². The fourth-order valence-corrected chi connectivity index (χ4v) is 2.59. The van der Waals surface area contributed by atoms with E-state index >= 15 is 0 Å². The summed E-state index contributed by atoms with van der Waals surface area (Å²) in [6.07, 6.45) is 2.56. The summed E-state index contributed by atoms with van der Waals surface area (Å²) in [6.45, 7) is 2.01. The summed E-state index contributed by atoms with van der Waals surface area (Å²) < 4.78 is 0. The Morgan fingerprint density at radius 2 is 1.81 bits per heavy atom. The summed E-state index contributed by atoms with van der Waals surface area (Å²) in [7, 11) is 0. The molecule has 3 nitrogen and oxygen atoms in total. The average molecular weight is 280 g/mol. The van der Waals surface area contributed by atoms with Crippen molar-refractivity contribution in [3.63, 3.8) is 0 Å². The van der Waals surface area contributed by atoms with Gasteiger partial charge < -0.3 is 11.1 Å². The molecule has 0 aliphatic heterocycles. The van der Waals surface area contributed by atoms with Crippen LogP contribution >= 0.6 is 0 Å². The Morgan fingerprint density at radius 3 is 2.38 bits per heavy atom. The van der Waals surface area contributed by atoms with Crippen LogP contribution in [0.3, 0.4) is 0 Å². The number of benzene rings is 2. The van der Waals surface area contributed by atoms with E-state index in [2.05, 4.69) is 17.4 Å². The number of amides is 1. The van der Waals surface area contributed by atoms with Crippen molar-refractivity contribution in [2.45, 2.75) is 31.7 Å². The molecule has 0 bridgehead atoms. The van der Waals surface area contributed by atoms with Gasteiger partial charge in [0.25, 0.3) is 0 Å². The predicted octanol–water partition coefficient (Wildman–Crippen LogP) is 3.51. The first-order valence-corrected chi connectivity index (χ1v) is 7.36. The number of aryl methyl sites for hydroxylation is 1. The summed E-state index contributed by atoms with van der Waals surface area (Å²) in [5.74, 6) is 0.354. The number of carbonyl (C=O) groups excluding carboxylic acids is 1. The third-order valence-electron chi connectivity index (χ3n) is 4.05. The number of hydrogen-bond donors (Lipinski definition) is 2. The second-order valence-corrected chi connectivity index (χ2v) is 5.74. The smallest absolute Gasteiger partial charge is 0.244 e. The molecule has 1 saturated carbocycles. The van der Waals surface area contributed by atoms with Crippen LogP contribution in [-0.2, 0) is 4.79 Å². The number of nitrogens with one attached hydrogen (secondary N) is 1. The number of para-hydroxylation sites is 1. The summed E-state index contributed by atoms with van der Waals surface area (Å²) in [4.78, 5) is 11.8. The van der Waals surface area contributed by atoms with Crippen molar-refractivity contribution in [1.29, 1.82) is 0 Å². The van der Waals surface area contributed by atoms with Gasteiger partial charge in [-0.1, -0.05) is 42.5 Å². The molecule has 3 N–H and O–H groups in total. The third-order valence-corrected chi connectivity index (χ3v) is 4.05. The zero-order chi connectivity index (χ0) is 14.8. The highest BCUT2D eigenvalue weighted by atomic mass is 16.1. The first-order valence-electron chi connectivity index (χ1n) is 7.36. The Morgan fingerprint density at radius 1 is 1.14 bits per heavy atom. The number of carbonyl (C=O) groups is 1. The van der Waals surface area contributed by atoms with E-state index in [4.69, 9.17) is 5.73 Å². The van der Waals surface area contributed by atoms with Crippen LogP contribution in [0.1, 0.15) is 41.5 Å². The first kappa shape index (κ1) is 13.7. The fraction of sp³-hybridized carbons (Fsp3) is 0.278. The summed E-state index contributed by atoms with van der Waals surface area (Å²) in [5, 5.41) is 3.25. The van der Waals surface area contributed by atoms with Crippen molar-refractivity contribution in [2.75, 3.05) is 5.32 Å². The Balaban J connectivity index is 1.83. The highest BCUT2D eigenvalue weighted by Crippen LogP contribution is 2.40. The second-order valence-electron chi connectivity index (χ2n) is 5.74. The zero-order valence-corrected chi connectivity index (χ0v) is 12.2. The normalized spacial score (nSPS) is 15.5. The second kappa shape index (κ2) is 5.60. The number of nitrogens with two attached hydrogens (primary N) is 1. The largest absolute Gasteiger partial charge is 0.370 e. The SMILES string of the molecule is Cc1ccccc1NC(C(N)=O)c1ccc(C2CC2)cc1. The van der Waals surface area contributed by atoms with Gasteiger partial charge >= 0.3 is 0 Å². The van der Waals surface area contributed by atoms with Gasteiger partial charge in [0.05, 0.1) is 0 Å². The van der Waals surface area contributed by atoms with E-state index in [0.29, 0.717) is 0 Å². The maximum absolute atomic E-state index is 11.8. The summed E-state index contributed by atoms with van der Waals surface area (Å²) in [6, 6.07) is 15.6. The zero-order valence-electron chi connectivity index (χ0n) is 12.2. The molecule has 0 aromatic heterocycles. The van der Waals surface area contributed by atoms with Crippen molar-refractivity contribution in [3.05, 3.63) is 65.2 Å². The van der Waals surface area contributed by atoms with Gasteiger partial charge in [-0.15, -0.1) is 0 Å². The molecule has 0 saturated heterocycles. The van der Waals surface area contributed by atoms with Crippen molar-refractivity contribution >= 4 is 11.6 Å². The van der Waals surface area contributed by atoms with E-state index in [1.54, 1.807) is 0 Å². The fourth-order valence-electron chi connectivity index (χ4n) is 2.59. The molecule has 0 heterocycles. The van der Waals surface area contributed by atoms with Gasteiger partial charge in [0, 0.05) is 5.69 Å². The molecule has 1 aliphatic carbocycles. The van der Waals surface area contributed by atoms with Crippen molar-refractivity contribution < 1.29 is 4.79 Å². The quantitative estimate of drug-likeness (QED) is 0.880. The molecular formula is C18H20N2O. The van der Waals surface area contributed by atoms with E-state index in [9.17, 15) is 4.79 Å². The molecule has 1 fully saturated rings. The highest BCUT2D eigenvalue weighted by molar-refractivity contribution is 5.84. The number of rotatable bonds is 5. The van der Waals surface area contributed by atoms with Crippen LogP contribution in [0.4, 0.5) is 5.69 Å². The topological polar surface area (TPSA) is 55.1 Å². The van der Waals surface area contributed by atoms with Crippen LogP contribution in [0.2, 0.25) is 0 Å². The lowest BCUT2D eigenvalue weighted by Gasteiger charge is -2.19. The molecule has 3 heteroatoms. The van der Waals surface area contributed by atoms with Crippen LogP contribution in [0.5, 0.6) is 0 Å². The van der Waals surface area contributed by atoms with Gasteiger partial charge in [-0.2, -0.15) is 0 Å². The monoisotopic (exact) mass is 280 g/mol. The van der Waals surface area contributed by atoms with E-state index < -0.39 is 6.04 Å². The molecule has 0 radical (unpaired) electrons. The van der Waals surface area contributed by atoms with Crippen molar-refractivity contribution in [2.24, 2.45) is 5.73 Å². The molecule has 3 rings (SSSR count). The van der Waals surface area contributed by atoms with E-state index in [1.165, 1.54) is 18.4 Å². The van der Waals surface area contributed by atoms with Crippen LogP contribution in [-0.4, -0.2) is 5.91 Å². The summed E-state index contributed by atoms with van der Waals surface area (Å²) in [5.41, 5.74) is 9.88. The molecule has 2 aromatic carbocycles. The number of hydrogen-bond acceptors (Lipinski definition) is 2. The molecule has 1 unspecified atom stereocenters. The maximum Gasteiger partial charge on any atom is 0.244 e. The van der Waals surface area contributed by atoms with Gasteiger partial charge in [-0.25, -0.2) is 0 Å². The minimum absolute atomic E-state index is 0.363. The van der Waals surface area contributed by atoms with E-state index in [-0.39, 0.29) is 5.91 Å². The molecule has 1 amide bonds. The minimum atomic E-state index is -0.501. The first-order chi connectivity index (χ1) is 10.1.